The molecular formula is C27H42O4. The second-order valence-electron chi connectivity index (χ2n) is 9.44. The number of ether oxygens (including phenoxy) is 3. The van der Waals surface area contributed by atoms with Crippen molar-refractivity contribution in [3.8, 4) is 0 Å². The Balaban J connectivity index is 1.39. The van der Waals surface area contributed by atoms with Gasteiger partial charge in [0.05, 0.1) is 24.9 Å². The van der Waals surface area contributed by atoms with Gasteiger partial charge in [-0.1, -0.05) is 70.9 Å². The van der Waals surface area contributed by atoms with E-state index in [1.165, 1.54) is 57.8 Å². The van der Waals surface area contributed by atoms with Crippen LogP contribution in [0.3, 0.4) is 0 Å². The van der Waals surface area contributed by atoms with Crippen LogP contribution in [0.15, 0.2) is 24.3 Å². The predicted molar refractivity (Wildman–Crippen MR) is 124 cm³/mol. The van der Waals surface area contributed by atoms with Crippen LogP contribution < -0.4 is 0 Å². The van der Waals surface area contributed by atoms with Crippen molar-refractivity contribution in [1.29, 1.82) is 0 Å². The number of carbonyl (C=O) groups is 1. The van der Waals surface area contributed by atoms with Gasteiger partial charge in [-0.2, -0.15) is 0 Å². The average Bonchev–Trinajstić information content (AvgIpc) is 2.81. The minimum Gasteiger partial charge on any atom is -0.459 e. The molecule has 174 valence electrons. The van der Waals surface area contributed by atoms with Crippen LogP contribution in [-0.4, -0.2) is 31.4 Å². The summed E-state index contributed by atoms with van der Waals surface area (Å²) in [6.07, 6.45) is 14.7. The summed E-state index contributed by atoms with van der Waals surface area (Å²) in [4.78, 5) is 12.6. The number of carbonyl (C=O) groups excluding carboxylic acids is 1. The first-order valence-electron chi connectivity index (χ1n) is 12.7. The van der Waals surface area contributed by atoms with E-state index < -0.39 is 0 Å². The van der Waals surface area contributed by atoms with Crippen molar-refractivity contribution >= 4 is 5.97 Å². The zero-order valence-electron chi connectivity index (χ0n) is 19.7. The molecule has 1 aromatic rings. The first-order valence-corrected chi connectivity index (χ1v) is 12.7. The van der Waals surface area contributed by atoms with Crippen molar-refractivity contribution in [2.24, 2.45) is 5.92 Å². The summed E-state index contributed by atoms with van der Waals surface area (Å²) < 4.78 is 17.8. The van der Waals surface area contributed by atoms with E-state index >= 15 is 0 Å². The van der Waals surface area contributed by atoms with Crippen LogP contribution in [0.1, 0.15) is 113 Å². The Bertz CT molecular complexity index is 625. The summed E-state index contributed by atoms with van der Waals surface area (Å²) >= 11 is 0. The van der Waals surface area contributed by atoms with Gasteiger partial charge < -0.3 is 14.2 Å². The summed E-state index contributed by atoms with van der Waals surface area (Å²) in [7, 11) is 0. The van der Waals surface area contributed by atoms with Gasteiger partial charge in [-0.3, -0.25) is 0 Å². The van der Waals surface area contributed by atoms with E-state index in [4.69, 9.17) is 14.2 Å². The topological polar surface area (TPSA) is 44.8 Å². The van der Waals surface area contributed by atoms with Crippen LogP contribution in [0.25, 0.3) is 0 Å². The second-order valence-corrected chi connectivity index (χ2v) is 9.44. The Morgan fingerprint density at radius 3 is 2.16 bits per heavy atom. The van der Waals surface area contributed by atoms with E-state index in [-0.39, 0.29) is 24.3 Å². The van der Waals surface area contributed by atoms with Crippen LogP contribution in [0.4, 0.5) is 0 Å². The lowest BCUT2D eigenvalue weighted by Crippen LogP contribution is -2.31. The number of benzene rings is 1. The Morgan fingerprint density at radius 1 is 0.871 bits per heavy atom. The van der Waals surface area contributed by atoms with Crippen molar-refractivity contribution in [3.63, 3.8) is 0 Å². The van der Waals surface area contributed by atoms with Crippen molar-refractivity contribution in [2.45, 2.75) is 109 Å². The molecule has 1 aliphatic heterocycles. The molecule has 2 fully saturated rings. The predicted octanol–water partition coefficient (Wildman–Crippen LogP) is 7.02. The molecule has 1 heterocycles. The van der Waals surface area contributed by atoms with E-state index in [0.717, 1.165) is 30.7 Å². The Kier molecular flexibility index (Phi) is 10.3. The normalized spacial score (nSPS) is 26.5. The van der Waals surface area contributed by atoms with Crippen LogP contribution in [0.5, 0.6) is 0 Å². The first-order chi connectivity index (χ1) is 15.2. The maximum Gasteiger partial charge on any atom is 0.338 e. The van der Waals surface area contributed by atoms with Gasteiger partial charge >= 0.3 is 5.97 Å². The monoisotopic (exact) mass is 430 g/mol. The Hall–Kier alpha value is -1.39. The highest BCUT2D eigenvalue weighted by molar-refractivity contribution is 5.89. The van der Waals surface area contributed by atoms with Crippen LogP contribution >= 0.6 is 0 Å². The summed E-state index contributed by atoms with van der Waals surface area (Å²) in [6.45, 7) is 5.71. The van der Waals surface area contributed by atoms with Crippen molar-refractivity contribution in [2.75, 3.05) is 13.2 Å². The van der Waals surface area contributed by atoms with Gasteiger partial charge in [0.2, 0.25) is 0 Å². The summed E-state index contributed by atoms with van der Waals surface area (Å²) in [5, 5.41) is 0. The maximum atomic E-state index is 12.6. The van der Waals surface area contributed by atoms with E-state index in [2.05, 4.69) is 13.8 Å². The fourth-order valence-corrected chi connectivity index (χ4v) is 4.80. The largest absolute Gasteiger partial charge is 0.459 e. The first kappa shape index (κ1) is 24.3. The number of hydrogen-bond donors (Lipinski definition) is 0. The standard InChI is InChI=1S/C27H42O4/c1-3-5-7-9-21-11-17-24(18-12-21)31-27(28)23-15-13-22(14-16-23)26-20-29-25(19-30-26)10-8-6-4-2/h13-16,21,24-26H,3-12,17-20H2,1-2H3/t21-,24-,25-,26-/m1/s1. The third-order valence-electron chi connectivity index (χ3n) is 6.90. The molecule has 31 heavy (non-hydrogen) atoms. The van der Waals surface area contributed by atoms with Gasteiger partial charge in [-0.15, -0.1) is 0 Å². The smallest absolute Gasteiger partial charge is 0.338 e. The van der Waals surface area contributed by atoms with Gasteiger partial charge in [-0.25, -0.2) is 4.79 Å². The molecule has 0 N–H and O–H groups in total. The summed E-state index contributed by atoms with van der Waals surface area (Å²) in [5.41, 5.74) is 1.69. The van der Waals surface area contributed by atoms with E-state index in [1.54, 1.807) is 0 Å². The highest BCUT2D eigenvalue weighted by atomic mass is 16.6. The number of hydrogen-bond acceptors (Lipinski definition) is 4. The molecule has 1 saturated heterocycles. The zero-order valence-corrected chi connectivity index (χ0v) is 19.7. The molecule has 0 aromatic heterocycles. The highest BCUT2D eigenvalue weighted by Crippen LogP contribution is 2.31. The molecular weight excluding hydrogens is 388 g/mol. The number of esters is 1. The van der Waals surface area contributed by atoms with E-state index in [0.29, 0.717) is 18.8 Å². The molecule has 0 bridgehead atoms. The van der Waals surface area contributed by atoms with Crippen molar-refractivity contribution in [3.05, 3.63) is 35.4 Å². The maximum absolute atomic E-state index is 12.6. The van der Waals surface area contributed by atoms with Crippen LogP contribution in [0, 0.1) is 5.92 Å². The van der Waals surface area contributed by atoms with E-state index in [1.807, 2.05) is 24.3 Å². The molecule has 1 aliphatic carbocycles. The lowest BCUT2D eigenvalue weighted by atomic mass is 9.84. The molecule has 4 heteroatoms. The summed E-state index contributed by atoms with van der Waals surface area (Å²) in [5.74, 6) is 0.627. The number of unbranched alkanes of at least 4 members (excludes halogenated alkanes) is 4. The van der Waals surface area contributed by atoms with Gasteiger partial charge in [0, 0.05) is 0 Å². The summed E-state index contributed by atoms with van der Waals surface area (Å²) in [6, 6.07) is 7.69. The zero-order chi connectivity index (χ0) is 21.9. The number of rotatable bonds is 11. The second kappa shape index (κ2) is 13.2. The van der Waals surface area contributed by atoms with Crippen LogP contribution in [0.2, 0.25) is 0 Å². The van der Waals surface area contributed by atoms with Gasteiger partial charge in [0.15, 0.2) is 0 Å². The minimum atomic E-state index is -0.196. The Labute approximate surface area is 189 Å². The third-order valence-corrected chi connectivity index (χ3v) is 6.90. The third kappa shape index (κ3) is 7.91. The molecule has 1 aromatic carbocycles. The van der Waals surface area contributed by atoms with E-state index in [9.17, 15) is 4.79 Å². The van der Waals surface area contributed by atoms with Gasteiger partial charge in [0.1, 0.15) is 12.2 Å². The lowest BCUT2D eigenvalue weighted by Gasteiger charge is -2.30. The molecule has 0 radical (unpaired) electrons. The van der Waals surface area contributed by atoms with Crippen LogP contribution in [-0.2, 0) is 14.2 Å². The molecule has 4 nitrogen and oxygen atoms in total. The van der Waals surface area contributed by atoms with Crippen molar-refractivity contribution < 1.29 is 19.0 Å². The molecule has 3 rings (SSSR count). The van der Waals surface area contributed by atoms with Gasteiger partial charge in [0.25, 0.3) is 0 Å². The van der Waals surface area contributed by atoms with Gasteiger partial charge in [-0.05, 0) is 55.7 Å². The lowest BCUT2D eigenvalue weighted by molar-refractivity contribution is -0.137. The molecule has 0 spiro atoms. The molecule has 2 atom stereocenters. The molecule has 0 unspecified atom stereocenters. The molecule has 1 saturated carbocycles. The molecule has 2 aliphatic rings. The van der Waals surface area contributed by atoms with Crippen molar-refractivity contribution in [1.82, 2.24) is 0 Å². The minimum absolute atomic E-state index is 0.0459. The average molecular weight is 431 g/mol. The molecule has 0 amide bonds. The highest BCUT2D eigenvalue weighted by Gasteiger charge is 2.25. The quantitative estimate of drug-likeness (QED) is 0.279. The fourth-order valence-electron chi connectivity index (χ4n) is 4.80. The SMILES string of the molecule is CCCCC[C@@H]1CO[C@@H](c2ccc(C(=O)O[C@H]3CC[C@H](CCCCC)CC3)cc2)CO1. The fraction of sp³-hybridized carbons (Fsp3) is 0.741. The Morgan fingerprint density at radius 2 is 1.55 bits per heavy atom.